The average Bonchev–Trinajstić information content (AvgIpc) is 3.07. The molecule has 1 aromatic carbocycles. The number of benzene rings is 1. The van der Waals surface area contributed by atoms with Crippen molar-refractivity contribution in [3.05, 3.63) is 46.8 Å². The molecule has 0 spiro atoms. The Hall–Kier alpha value is -2.40. The summed E-state index contributed by atoms with van der Waals surface area (Å²) < 4.78 is 40.9. The van der Waals surface area contributed by atoms with E-state index >= 15 is 0 Å². The number of hydrogen-bond donors (Lipinski definition) is 0. The van der Waals surface area contributed by atoms with Crippen LogP contribution >= 0.6 is 10.0 Å². The number of anilines is 1. The fourth-order valence-corrected chi connectivity index (χ4v) is 3.71. The van der Waals surface area contributed by atoms with E-state index in [1.165, 1.54) is 24.0 Å². The van der Waals surface area contributed by atoms with Gasteiger partial charge in [0.15, 0.2) is 0 Å². The van der Waals surface area contributed by atoms with Crippen molar-refractivity contribution in [3.8, 4) is 11.2 Å². The van der Waals surface area contributed by atoms with E-state index in [4.69, 9.17) is 0 Å². The minimum atomic E-state index is -4.42. The Labute approximate surface area is 170 Å². The predicted octanol–water partition coefficient (Wildman–Crippen LogP) is 4.82. The Morgan fingerprint density at radius 3 is 2.59 bits per heavy atom. The Morgan fingerprint density at radius 1 is 1.31 bits per heavy atom. The summed E-state index contributed by atoms with van der Waals surface area (Å²) in [5, 5.41) is 7.60. The quantitative estimate of drug-likeness (QED) is 0.650. The first kappa shape index (κ1) is 21.3. The lowest BCUT2D eigenvalue weighted by molar-refractivity contribution is -0.138. The van der Waals surface area contributed by atoms with E-state index in [0.717, 1.165) is 11.8 Å². The number of aryl methyl sites for hydroxylation is 1. The molecule has 0 bridgehead atoms. The number of rotatable bonds is 2. The molecule has 3 rings (SSSR count). The zero-order valence-corrected chi connectivity index (χ0v) is 17.9. The van der Waals surface area contributed by atoms with Crippen molar-refractivity contribution in [1.29, 1.82) is 0 Å². The highest BCUT2D eigenvalue weighted by Gasteiger charge is 2.35. The molecule has 0 unspecified atom stereocenters. The number of nitrogens with zero attached hydrogens (tertiary/aromatic N) is 3. The second-order valence-corrected chi connectivity index (χ2v) is 11.5. The van der Waals surface area contributed by atoms with E-state index in [-0.39, 0.29) is 17.5 Å². The molecule has 0 saturated carbocycles. The number of amides is 1. The maximum atomic E-state index is 13.2. The van der Waals surface area contributed by atoms with Crippen LogP contribution in [0.5, 0.6) is 0 Å². The van der Waals surface area contributed by atoms with E-state index in [9.17, 15) is 18.0 Å². The lowest BCUT2D eigenvalue weighted by atomic mass is 10.1. The normalized spacial score (nSPS) is 17.6. The van der Waals surface area contributed by atoms with Gasteiger partial charge in [-0.2, -0.15) is 28.3 Å². The van der Waals surface area contributed by atoms with E-state index in [1.807, 2.05) is 6.92 Å². The summed E-state index contributed by atoms with van der Waals surface area (Å²) in [6.07, 6.45) is 1.40. The van der Waals surface area contributed by atoms with Gasteiger partial charge in [-0.3, -0.25) is 9.48 Å². The highest BCUT2D eigenvalue weighted by atomic mass is 32.3. The highest BCUT2D eigenvalue weighted by molar-refractivity contribution is 8.36. The van der Waals surface area contributed by atoms with Crippen LogP contribution in [0.4, 0.5) is 18.9 Å². The molecule has 0 fully saturated rings. The molecule has 2 aromatic rings. The van der Waals surface area contributed by atoms with Crippen LogP contribution in [0, 0.1) is 18.1 Å². The Bertz CT molecular complexity index is 1010. The first-order chi connectivity index (χ1) is 13.4. The molecule has 0 radical (unpaired) electrons. The Kier molecular flexibility index (Phi) is 5.48. The van der Waals surface area contributed by atoms with Gasteiger partial charge in [0.2, 0.25) is 0 Å². The largest absolute Gasteiger partial charge is 0.416 e. The summed E-state index contributed by atoms with van der Waals surface area (Å²) in [6, 6.07) is 3.67. The molecule has 1 amide bonds. The van der Waals surface area contributed by atoms with Crippen LogP contribution in [0.3, 0.4) is 0 Å². The van der Waals surface area contributed by atoms with Gasteiger partial charge in [-0.05, 0) is 61.1 Å². The van der Waals surface area contributed by atoms with Crippen LogP contribution in [-0.4, -0.2) is 40.5 Å². The maximum absolute atomic E-state index is 13.2. The van der Waals surface area contributed by atoms with Crippen LogP contribution in [-0.2, 0) is 6.18 Å². The number of fused-ring (bicyclic) bond motifs is 1. The molecule has 0 aliphatic carbocycles. The summed E-state index contributed by atoms with van der Waals surface area (Å²) >= 11 is 0. The number of halogens is 3. The molecule has 1 aliphatic heterocycles. The molecule has 4 nitrogen and oxygen atoms in total. The second-order valence-electron chi connectivity index (χ2n) is 7.67. The smallest absolute Gasteiger partial charge is 0.305 e. The van der Waals surface area contributed by atoms with Crippen molar-refractivity contribution in [2.45, 2.75) is 33.0 Å². The first-order valence-electron chi connectivity index (χ1n) is 9.25. The van der Waals surface area contributed by atoms with Gasteiger partial charge in [0.25, 0.3) is 5.91 Å². The molecular formula is C21H24F3N3OS. The average molecular weight is 424 g/mol. The highest BCUT2D eigenvalue weighted by Crippen LogP contribution is 2.38. The monoisotopic (exact) mass is 423 g/mol. The number of aromatic nitrogens is 2. The van der Waals surface area contributed by atoms with Gasteiger partial charge < -0.3 is 4.90 Å². The van der Waals surface area contributed by atoms with Crippen LogP contribution in [0.2, 0.25) is 0 Å². The molecule has 8 heteroatoms. The van der Waals surface area contributed by atoms with Crippen LogP contribution in [0.1, 0.15) is 47.1 Å². The summed E-state index contributed by atoms with van der Waals surface area (Å²) in [6.45, 7) is 5.74. The minimum Gasteiger partial charge on any atom is -0.305 e. The van der Waals surface area contributed by atoms with Gasteiger partial charge in [-0.1, -0.05) is 12.8 Å². The topological polar surface area (TPSA) is 38.1 Å². The zero-order chi connectivity index (χ0) is 21.6. The molecule has 0 N–H and O–H groups in total. The minimum absolute atomic E-state index is 0.0860. The van der Waals surface area contributed by atoms with Gasteiger partial charge in [-0.15, -0.1) is 0 Å². The van der Waals surface area contributed by atoms with Crippen molar-refractivity contribution >= 4 is 21.6 Å². The van der Waals surface area contributed by atoms with Gasteiger partial charge >= 0.3 is 6.18 Å². The SMILES string of the molecule is CCS(C)(C)C#Cc1cnn2c1C(=O)N(c1ccc(C(F)(F)F)c(C)c1)C[C@@H]2C. The molecular weight excluding hydrogens is 399 g/mol. The third-order valence-corrected chi connectivity index (χ3v) is 7.22. The molecule has 2 heterocycles. The van der Waals surface area contributed by atoms with Gasteiger partial charge in [0, 0.05) is 12.2 Å². The second kappa shape index (κ2) is 7.45. The van der Waals surface area contributed by atoms with Crippen LogP contribution in [0.25, 0.3) is 0 Å². The van der Waals surface area contributed by atoms with E-state index < -0.39 is 21.8 Å². The van der Waals surface area contributed by atoms with Gasteiger partial charge in [0.05, 0.1) is 23.4 Å². The summed E-state index contributed by atoms with van der Waals surface area (Å²) in [4.78, 5) is 14.7. The molecule has 1 aromatic heterocycles. The standard InChI is InChI=1S/C21H24F3N3OS/c1-6-29(4,5)10-9-16-12-25-27-15(3)13-26(20(28)19(16)27)17-7-8-18(14(2)11-17)21(22,23)24/h7-8,11-12,15H,6,13H2,1-5H3/t15-/m0/s1. The molecule has 29 heavy (non-hydrogen) atoms. The summed E-state index contributed by atoms with van der Waals surface area (Å²) in [5.74, 6) is 3.77. The predicted molar refractivity (Wildman–Crippen MR) is 112 cm³/mol. The fraction of sp³-hybridized carbons (Fsp3) is 0.429. The lowest BCUT2D eigenvalue weighted by Crippen LogP contribution is -2.43. The molecule has 0 saturated heterocycles. The van der Waals surface area contributed by atoms with Crippen molar-refractivity contribution in [2.24, 2.45) is 0 Å². The van der Waals surface area contributed by atoms with Crippen molar-refractivity contribution in [3.63, 3.8) is 0 Å². The number of hydrogen-bond acceptors (Lipinski definition) is 2. The number of carbonyl (C=O) groups is 1. The maximum Gasteiger partial charge on any atom is 0.416 e. The third kappa shape index (κ3) is 4.15. The first-order valence-corrected chi connectivity index (χ1v) is 11.9. The zero-order valence-electron chi connectivity index (χ0n) is 17.1. The van der Waals surface area contributed by atoms with Gasteiger partial charge in [0.1, 0.15) is 5.69 Å². The van der Waals surface area contributed by atoms with E-state index in [2.05, 4.69) is 35.7 Å². The Balaban J connectivity index is 2.01. The van der Waals surface area contributed by atoms with Crippen molar-refractivity contribution in [1.82, 2.24) is 9.78 Å². The van der Waals surface area contributed by atoms with Crippen LogP contribution < -0.4 is 4.90 Å². The summed E-state index contributed by atoms with van der Waals surface area (Å²) in [5.41, 5.74) is 0.783. The van der Waals surface area contributed by atoms with E-state index in [0.29, 0.717) is 23.5 Å². The molecule has 1 aliphatic rings. The van der Waals surface area contributed by atoms with E-state index in [1.54, 1.807) is 10.9 Å². The van der Waals surface area contributed by atoms with Gasteiger partial charge in [-0.25, -0.2) is 0 Å². The number of carbonyl (C=O) groups excluding carboxylic acids is 1. The molecule has 156 valence electrons. The fourth-order valence-electron chi connectivity index (χ4n) is 3.18. The lowest BCUT2D eigenvalue weighted by Gasteiger charge is -2.32. The van der Waals surface area contributed by atoms with Crippen molar-refractivity contribution < 1.29 is 18.0 Å². The number of alkyl halides is 3. The van der Waals surface area contributed by atoms with Crippen LogP contribution in [0.15, 0.2) is 24.4 Å². The van der Waals surface area contributed by atoms with Crippen molar-refractivity contribution in [2.75, 3.05) is 29.7 Å². The summed E-state index contributed by atoms with van der Waals surface area (Å²) in [7, 11) is -1.07. The third-order valence-electron chi connectivity index (χ3n) is 5.12. The Morgan fingerprint density at radius 2 is 2.00 bits per heavy atom. The molecule has 1 atom stereocenters.